The fourth-order valence-electron chi connectivity index (χ4n) is 2.90. The smallest absolute Gasteiger partial charge is 0.128 e. The van der Waals surface area contributed by atoms with E-state index in [1.807, 2.05) is 24.3 Å². The Morgan fingerprint density at radius 1 is 1.09 bits per heavy atom. The molecule has 0 saturated heterocycles. The second kappa shape index (κ2) is 5.87. The van der Waals surface area contributed by atoms with Gasteiger partial charge in [0.25, 0.3) is 0 Å². The summed E-state index contributed by atoms with van der Waals surface area (Å²) in [6, 6.07) is 16.6. The van der Waals surface area contributed by atoms with Crippen molar-refractivity contribution in [1.82, 2.24) is 4.57 Å². The van der Waals surface area contributed by atoms with E-state index in [0.717, 1.165) is 23.9 Å². The number of nitrogens with zero attached hydrogens (tertiary/aromatic N) is 2. The van der Waals surface area contributed by atoms with Crippen LogP contribution in [0.3, 0.4) is 0 Å². The number of fused-ring (bicyclic) bond motifs is 1. The maximum Gasteiger partial charge on any atom is 0.128 e. The summed E-state index contributed by atoms with van der Waals surface area (Å²) < 4.78 is 2.07. The van der Waals surface area contributed by atoms with Crippen molar-refractivity contribution in [3.63, 3.8) is 0 Å². The zero-order valence-corrected chi connectivity index (χ0v) is 13.5. The largest absolute Gasteiger partial charge is 0.330 e. The summed E-state index contributed by atoms with van der Waals surface area (Å²) in [5.41, 5.74) is 5.33. The normalized spacial score (nSPS) is 10.8. The van der Waals surface area contributed by atoms with Crippen LogP contribution in [0.2, 0.25) is 5.15 Å². The molecule has 1 heterocycles. The summed E-state index contributed by atoms with van der Waals surface area (Å²) >= 11 is 6.48. The maximum atomic E-state index is 9.43. The first kappa shape index (κ1) is 14.7. The van der Waals surface area contributed by atoms with Crippen LogP contribution in [0.25, 0.3) is 10.9 Å². The predicted molar refractivity (Wildman–Crippen MR) is 91.3 cm³/mol. The number of rotatable bonds is 3. The number of hydrogen-bond donors (Lipinski definition) is 0. The van der Waals surface area contributed by atoms with Crippen molar-refractivity contribution in [1.29, 1.82) is 5.26 Å². The van der Waals surface area contributed by atoms with E-state index >= 15 is 0 Å². The molecular formula is C19H17ClN2. The minimum absolute atomic E-state index is 0.544. The van der Waals surface area contributed by atoms with Crippen LogP contribution in [-0.2, 0) is 13.0 Å². The van der Waals surface area contributed by atoms with Crippen LogP contribution in [0.5, 0.6) is 0 Å². The number of nitriles is 1. The van der Waals surface area contributed by atoms with Gasteiger partial charge in [-0.3, -0.25) is 0 Å². The molecule has 3 aromatic rings. The lowest BCUT2D eigenvalue weighted by Gasteiger charge is -2.10. The molecule has 0 bridgehead atoms. The Labute approximate surface area is 135 Å². The zero-order chi connectivity index (χ0) is 15.7. The predicted octanol–water partition coefficient (Wildman–Crippen LogP) is 5.03. The van der Waals surface area contributed by atoms with E-state index in [4.69, 9.17) is 11.6 Å². The maximum absolute atomic E-state index is 9.43. The number of halogens is 1. The molecule has 3 rings (SSSR count). The Morgan fingerprint density at radius 2 is 1.82 bits per heavy atom. The van der Waals surface area contributed by atoms with Crippen molar-refractivity contribution in [2.24, 2.45) is 0 Å². The molecule has 0 spiro atoms. The molecule has 22 heavy (non-hydrogen) atoms. The summed E-state index contributed by atoms with van der Waals surface area (Å²) in [5.74, 6) is 0. The Hall–Kier alpha value is -2.24. The molecule has 0 fully saturated rings. The van der Waals surface area contributed by atoms with Gasteiger partial charge in [-0.25, -0.2) is 0 Å². The van der Waals surface area contributed by atoms with E-state index in [2.05, 4.69) is 42.7 Å². The molecule has 3 heteroatoms. The third kappa shape index (κ3) is 2.38. The molecule has 0 amide bonds. The Morgan fingerprint density at radius 3 is 2.50 bits per heavy atom. The van der Waals surface area contributed by atoms with Crippen molar-refractivity contribution < 1.29 is 0 Å². The Kier molecular flexibility index (Phi) is 3.92. The molecule has 2 aromatic carbocycles. The molecule has 2 nitrogen and oxygen atoms in total. The quantitative estimate of drug-likeness (QED) is 0.667. The third-order valence-electron chi connectivity index (χ3n) is 4.26. The summed E-state index contributed by atoms with van der Waals surface area (Å²) in [5, 5.41) is 10.9. The lowest BCUT2D eigenvalue weighted by Crippen LogP contribution is -2.03. The summed E-state index contributed by atoms with van der Waals surface area (Å²) in [7, 11) is 0. The molecule has 0 radical (unpaired) electrons. The van der Waals surface area contributed by atoms with E-state index in [-0.39, 0.29) is 0 Å². The van der Waals surface area contributed by atoms with Gasteiger partial charge in [0.1, 0.15) is 11.2 Å². The van der Waals surface area contributed by atoms with E-state index in [0.29, 0.717) is 10.7 Å². The van der Waals surface area contributed by atoms with Crippen LogP contribution in [0.4, 0.5) is 0 Å². The lowest BCUT2D eigenvalue weighted by molar-refractivity contribution is 0.721. The van der Waals surface area contributed by atoms with Crippen molar-refractivity contribution >= 4 is 22.5 Å². The third-order valence-corrected chi connectivity index (χ3v) is 4.66. The highest BCUT2D eigenvalue weighted by atomic mass is 35.5. The molecule has 0 N–H and O–H groups in total. The molecular weight excluding hydrogens is 292 g/mol. The van der Waals surface area contributed by atoms with E-state index in [1.165, 1.54) is 16.7 Å². The van der Waals surface area contributed by atoms with Gasteiger partial charge in [0.2, 0.25) is 0 Å². The van der Waals surface area contributed by atoms with Gasteiger partial charge in [-0.1, -0.05) is 54.1 Å². The molecule has 1 aromatic heterocycles. The van der Waals surface area contributed by atoms with Crippen LogP contribution in [0.15, 0.2) is 42.5 Å². The van der Waals surface area contributed by atoms with Crippen molar-refractivity contribution in [3.05, 3.63) is 69.9 Å². The molecule has 0 atom stereocenters. The van der Waals surface area contributed by atoms with Gasteiger partial charge in [0.05, 0.1) is 11.1 Å². The van der Waals surface area contributed by atoms with Gasteiger partial charge in [-0.05, 0) is 37.0 Å². The van der Waals surface area contributed by atoms with Gasteiger partial charge in [0, 0.05) is 11.9 Å². The van der Waals surface area contributed by atoms with Gasteiger partial charge >= 0.3 is 0 Å². The monoisotopic (exact) mass is 308 g/mol. The van der Waals surface area contributed by atoms with E-state index < -0.39 is 0 Å². The van der Waals surface area contributed by atoms with Crippen LogP contribution >= 0.6 is 11.6 Å². The fourth-order valence-corrected chi connectivity index (χ4v) is 3.21. The van der Waals surface area contributed by atoms with Crippen LogP contribution in [0, 0.1) is 25.2 Å². The lowest BCUT2D eigenvalue weighted by atomic mass is 10.1. The Balaban J connectivity index is 2.10. The van der Waals surface area contributed by atoms with E-state index in [1.54, 1.807) is 0 Å². The highest BCUT2D eigenvalue weighted by molar-refractivity contribution is 6.32. The van der Waals surface area contributed by atoms with Crippen LogP contribution in [-0.4, -0.2) is 4.57 Å². The second-order valence-electron chi connectivity index (χ2n) is 5.57. The summed E-state index contributed by atoms with van der Waals surface area (Å²) in [4.78, 5) is 0. The number of benzene rings is 2. The molecule has 0 aliphatic rings. The topological polar surface area (TPSA) is 28.7 Å². The average molecular weight is 309 g/mol. The van der Waals surface area contributed by atoms with Crippen molar-refractivity contribution in [2.75, 3.05) is 0 Å². The first-order chi connectivity index (χ1) is 10.6. The molecule has 110 valence electrons. The highest BCUT2D eigenvalue weighted by Gasteiger charge is 2.17. The van der Waals surface area contributed by atoms with E-state index in [9.17, 15) is 5.26 Å². The number of aromatic nitrogens is 1. The molecule has 0 unspecified atom stereocenters. The van der Waals surface area contributed by atoms with Gasteiger partial charge in [0.15, 0.2) is 0 Å². The standard InChI is InChI=1S/C19H17ClN2/c1-13-8-9-16-17(12-21)19(20)22(18(16)14(13)2)11-10-15-6-4-3-5-7-15/h3-9H,10-11H2,1-2H3. The van der Waals surface area contributed by atoms with Gasteiger partial charge in [-0.15, -0.1) is 0 Å². The van der Waals surface area contributed by atoms with Crippen LogP contribution < -0.4 is 0 Å². The number of aryl methyl sites for hydroxylation is 4. The number of hydrogen-bond acceptors (Lipinski definition) is 1. The molecule has 0 aliphatic carbocycles. The van der Waals surface area contributed by atoms with Crippen molar-refractivity contribution in [2.45, 2.75) is 26.8 Å². The average Bonchev–Trinajstić information content (AvgIpc) is 2.82. The first-order valence-corrected chi connectivity index (χ1v) is 7.73. The van der Waals surface area contributed by atoms with Crippen molar-refractivity contribution in [3.8, 4) is 6.07 Å². The molecule has 0 aliphatic heterocycles. The van der Waals surface area contributed by atoms with Gasteiger partial charge in [-0.2, -0.15) is 5.26 Å². The Bertz CT molecular complexity index is 870. The minimum atomic E-state index is 0.544. The second-order valence-corrected chi connectivity index (χ2v) is 5.93. The zero-order valence-electron chi connectivity index (χ0n) is 12.7. The highest BCUT2D eigenvalue weighted by Crippen LogP contribution is 2.33. The van der Waals surface area contributed by atoms with Crippen LogP contribution in [0.1, 0.15) is 22.3 Å². The SMILES string of the molecule is Cc1ccc2c(C#N)c(Cl)n(CCc3ccccc3)c2c1C. The van der Waals surface area contributed by atoms with Gasteiger partial charge < -0.3 is 4.57 Å². The minimum Gasteiger partial charge on any atom is -0.330 e. The summed E-state index contributed by atoms with van der Waals surface area (Å²) in [6.45, 7) is 4.95. The summed E-state index contributed by atoms with van der Waals surface area (Å²) in [6.07, 6.45) is 0.891. The first-order valence-electron chi connectivity index (χ1n) is 7.35. The molecule has 0 saturated carbocycles. The fraction of sp³-hybridized carbons (Fsp3) is 0.211.